The van der Waals surface area contributed by atoms with Gasteiger partial charge in [0.2, 0.25) is 0 Å². The maximum atomic E-state index is 12.0. The zero-order chi connectivity index (χ0) is 11.5. The molecule has 1 fully saturated rings. The molecule has 1 saturated heterocycles. The summed E-state index contributed by atoms with van der Waals surface area (Å²) in [6.07, 6.45) is 2.33. The minimum Gasteiger partial charge on any atom is -0.480 e. The van der Waals surface area contributed by atoms with Crippen molar-refractivity contribution in [2.24, 2.45) is 0 Å². The van der Waals surface area contributed by atoms with Gasteiger partial charge in [-0.1, -0.05) is 6.07 Å². The van der Waals surface area contributed by atoms with Gasteiger partial charge in [-0.05, 0) is 30.7 Å². The third-order valence-electron chi connectivity index (χ3n) is 2.78. The normalized spacial score (nSPS) is 20.8. The second kappa shape index (κ2) is 4.65. The summed E-state index contributed by atoms with van der Waals surface area (Å²) >= 11 is 1.35. The summed E-state index contributed by atoms with van der Waals surface area (Å²) in [7, 11) is 0. The van der Waals surface area contributed by atoms with Gasteiger partial charge in [0.05, 0.1) is 4.88 Å². The molecule has 1 N–H and O–H groups in total. The van der Waals surface area contributed by atoms with Gasteiger partial charge in [0.25, 0.3) is 5.91 Å². The molecule has 0 bridgehead atoms. The van der Waals surface area contributed by atoms with Crippen molar-refractivity contribution in [1.29, 1.82) is 0 Å². The zero-order valence-corrected chi connectivity index (χ0v) is 9.57. The van der Waals surface area contributed by atoms with Gasteiger partial charge in [0.1, 0.15) is 6.04 Å². The van der Waals surface area contributed by atoms with E-state index in [0.29, 0.717) is 17.8 Å². The third kappa shape index (κ3) is 2.09. The molecule has 5 heteroatoms. The molecule has 0 radical (unpaired) electrons. The van der Waals surface area contributed by atoms with E-state index in [9.17, 15) is 9.59 Å². The van der Waals surface area contributed by atoms with Crippen LogP contribution < -0.4 is 0 Å². The highest BCUT2D eigenvalue weighted by atomic mass is 32.1. The second-order valence-corrected chi connectivity index (χ2v) is 4.77. The van der Waals surface area contributed by atoms with E-state index in [4.69, 9.17) is 5.11 Å². The van der Waals surface area contributed by atoms with Gasteiger partial charge in [-0.25, -0.2) is 4.79 Å². The minimum absolute atomic E-state index is 0.151. The van der Waals surface area contributed by atoms with Crippen LogP contribution in [0.5, 0.6) is 0 Å². The summed E-state index contributed by atoms with van der Waals surface area (Å²) in [5.74, 6) is -1.05. The molecule has 0 aromatic carbocycles. The van der Waals surface area contributed by atoms with Crippen LogP contribution in [0.25, 0.3) is 0 Å². The highest BCUT2D eigenvalue weighted by molar-refractivity contribution is 7.12. The predicted octanol–water partition coefficient (Wildman–Crippen LogP) is 1.83. The van der Waals surface area contributed by atoms with Gasteiger partial charge in [0, 0.05) is 6.54 Å². The molecule has 1 aromatic heterocycles. The fourth-order valence-corrected chi connectivity index (χ4v) is 2.65. The first-order valence-corrected chi connectivity index (χ1v) is 6.15. The Morgan fingerprint density at radius 1 is 1.44 bits per heavy atom. The molecule has 2 rings (SSSR count). The molecular formula is C11H13NO3S. The van der Waals surface area contributed by atoms with Gasteiger partial charge >= 0.3 is 5.97 Å². The van der Waals surface area contributed by atoms with Crippen LogP contribution in [0.4, 0.5) is 0 Å². The van der Waals surface area contributed by atoms with Gasteiger partial charge in [-0.15, -0.1) is 11.3 Å². The fourth-order valence-electron chi connectivity index (χ4n) is 1.97. The van der Waals surface area contributed by atoms with E-state index in [1.807, 2.05) is 5.38 Å². The first-order valence-electron chi connectivity index (χ1n) is 5.27. The largest absolute Gasteiger partial charge is 0.480 e. The Morgan fingerprint density at radius 3 is 2.88 bits per heavy atom. The summed E-state index contributed by atoms with van der Waals surface area (Å²) < 4.78 is 0. The van der Waals surface area contributed by atoms with Crippen LogP contribution in [0.1, 0.15) is 28.9 Å². The molecule has 0 spiro atoms. The Bertz CT molecular complexity index is 388. The number of rotatable bonds is 2. The van der Waals surface area contributed by atoms with E-state index in [0.717, 1.165) is 12.8 Å². The van der Waals surface area contributed by atoms with Crippen molar-refractivity contribution >= 4 is 23.2 Å². The average molecular weight is 239 g/mol. The van der Waals surface area contributed by atoms with E-state index in [-0.39, 0.29) is 5.91 Å². The smallest absolute Gasteiger partial charge is 0.326 e. The maximum absolute atomic E-state index is 12.0. The highest BCUT2D eigenvalue weighted by Crippen LogP contribution is 2.21. The average Bonchev–Trinajstić information content (AvgIpc) is 2.81. The Morgan fingerprint density at radius 2 is 2.25 bits per heavy atom. The Balaban J connectivity index is 2.17. The SMILES string of the molecule is O=C(O)C1CCCCN1C(=O)c1cccs1. The molecule has 16 heavy (non-hydrogen) atoms. The molecule has 1 aromatic rings. The van der Waals surface area contributed by atoms with Crippen molar-refractivity contribution < 1.29 is 14.7 Å². The van der Waals surface area contributed by atoms with E-state index >= 15 is 0 Å². The van der Waals surface area contributed by atoms with E-state index in [2.05, 4.69) is 0 Å². The van der Waals surface area contributed by atoms with Crippen LogP contribution in [0, 0.1) is 0 Å². The van der Waals surface area contributed by atoms with Gasteiger partial charge in [0.15, 0.2) is 0 Å². The first-order chi connectivity index (χ1) is 7.70. The number of piperidine rings is 1. The van der Waals surface area contributed by atoms with Crippen molar-refractivity contribution in [3.8, 4) is 0 Å². The Labute approximate surface area is 97.5 Å². The lowest BCUT2D eigenvalue weighted by atomic mass is 10.0. The highest BCUT2D eigenvalue weighted by Gasteiger charge is 2.32. The molecule has 1 unspecified atom stereocenters. The predicted molar refractivity (Wildman–Crippen MR) is 60.6 cm³/mol. The number of likely N-dealkylation sites (tertiary alicyclic amines) is 1. The number of aliphatic carboxylic acids is 1. The monoisotopic (exact) mass is 239 g/mol. The molecule has 0 saturated carbocycles. The fraction of sp³-hybridized carbons (Fsp3) is 0.455. The van der Waals surface area contributed by atoms with E-state index in [1.165, 1.54) is 16.2 Å². The van der Waals surface area contributed by atoms with Gasteiger partial charge in [-0.3, -0.25) is 4.79 Å². The number of carbonyl (C=O) groups excluding carboxylic acids is 1. The lowest BCUT2D eigenvalue weighted by Crippen LogP contribution is -2.47. The van der Waals surface area contributed by atoms with Crippen molar-refractivity contribution in [3.63, 3.8) is 0 Å². The molecule has 1 aliphatic rings. The number of hydrogen-bond donors (Lipinski definition) is 1. The van der Waals surface area contributed by atoms with Crippen molar-refractivity contribution in [2.75, 3.05) is 6.54 Å². The van der Waals surface area contributed by atoms with Crippen molar-refractivity contribution in [2.45, 2.75) is 25.3 Å². The molecule has 0 aliphatic carbocycles. The molecule has 1 amide bonds. The number of carbonyl (C=O) groups is 2. The number of thiophene rings is 1. The van der Waals surface area contributed by atoms with E-state index in [1.54, 1.807) is 12.1 Å². The summed E-state index contributed by atoms with van der Waals surface area (Å²) in [4.78, 5) is 25.2. The lowest BCUT2D eigenvalue weighted by molar-refractivity contribution is -0.143. The van der Waals surface area contributed by atoms with Crippen LogP contribution in [0.2, 0.25) is 0 Å². The van der Waals surface area contributed by atoms with Crippen LogP contribution >= 0.6 is 11.3 Å². The quantitative estimate of drug-likeness (QED) is 0.856. The maximum Gasteiger partial charge on any atom is 0.326 e. The minimum atomic E-state index is -0.899. The standard InChI is InChI=1S/C11H13NO3S/c13-10(9-5-3-7-16-9)12-6-2-1-4-8(12)11(14)15/h3,5,7-8H,1-2,4,6H2,(H,14,15). The summed E-state index contributed by atoms with van der Waals surface area (Å²) in [6.45, 7) is 0.549. The molecular weight excluding hydrogens is 226 g/mol. The molecule has 2 heterocycles. The topological polar surface area (TPSA) is 57.6 Å². The Kier molecular flexibility index (Phi) is 3.24. The first kappa shape index (κ1) is 11.1. The second-order valence-electron chi connectivity index (χ2n) is 3.83. The van der Waals surface area contributed by atoms with Crippen LogP contribution in [-0.4, -0.2) is 34.5 Å². The number of hydrogen-bond acceptors (Lipinski definition) is 3. The number of carboxylic acid groups (broad SMARTS) is 1. The Hall–Kier alpha value is -1.36. The van der Waals surface area contributed by atoms with Crippen molar-refractivity contribution in [3.05, 3.63) is 22.4 Å². The molecule has 4 nitrogen and oxygen atoms in total. The molecule has 1 aliphatic heterocycles. The van der Waals surface area contributed by atoms with Gasteiger partial charge in [-0.2, -0.15) is 0 Å². The van der Waals surface area contributed by atoms with E-state index < -0.39 is 12.0 Å². The van der Waals surface area contributed by atoms with Crippen LogP contribution in [0.3, 0.4) is 0 Å². The number of carboxylic acids is 1. The third-order valence-corrected chi connectivity index (χ3v) is 3.64. The number of nitrogens with zero attached hydrogens (tertiary/aromatic N) is 1. The molecule has 86 valence electrons. The number of amides is 1. The zero-order valence-electron chi connectivity index (χ0n) is 8.76. The van der Waals surface area contributed by atoms with Crippen molar-refractivity contribution in [1.82, 2.24) is 4.90 Å². The van der Waals surface area contributed by atoms with Gasteiger partial charge < -0.3 is 10.0 Å². The lowest BCUT2D eigenvalue weighted by Gasteiger charge is -2.32. The van der Waals surface area contributed by atoms with Crippen LogP contribution in [0.15, 0.2) is 17.5 Å². The summed E-state index contributed by atoms with van der Waals surface area (Å²) in [5, 5.41) is 10.9. The van der Waals surface area contributed by atoms with Crippen LogP contribution in [-0.2, 0) is 4.79 Å². The molecule has 1 atom stereocenters. The summed E-state index contributed by atoms with van der Waals surface area (Å²) in [5.41, 5.74) is 0. The summed E-state index contributed by atoms with van der Waals surface area (Å²) in [6, 6.07) is 2.89.